The fourth-order valence-electron chi connectivity index (χ4n) is 2.94. The lowest BCUT2D eigenvalue weighted by Crippen LogP contribution is -2.45. The number of carbonyl (C=O) groups excluding carboxylic acids is 2. The number of benzene rings is 1. The molecule has 0 bridgehead atoms. The molecule has 5 heteroatoms. The zero-order valence-electron chi connectivity index (χ0n) is 16.1. The number of nitrogens with one attached hydrogen (secondary N) is 1. The third-order valence-electron chi connectivity index (χ3n) is 5.19. The predicted molar refractivity (Wildman–Crippen MR) is 102 cm³/mol. The Labute approximate surface area is 155 Å². The Hall–Kier alpha value is -2.17. The molecular formula is C21H29FN2O2. The van der Waals surface area contributed by atoms with Gasteiger partial charge in [-0.2, -0.15) is 0 Å². The molecule has 0 aromatic heterocycles. The van der Waals surface area contributed by atoms with E-state index in [1.165, 1.54) is 12.1 Å². The van der Waals surface area contributed by atoms with Crippen LogP contribution in [0.5, 0.6) is 0 Å². The highest BCUT2D eigenvalue weighted by Gasteiger charge is 2.27. The van der Waals surface area contributed by atoms with Gasteiger partial charge in [0.1, 0.15) is 5.82 Å². The van der Waals surface area contributed by atoms with E-state index in [4.69, 9.17) is 0 Å². The second-order valence-electron chi connectivity index (χ2n) is 7.48. The number of allylic oxidation sites excluding steroid dienone is 1. The number of hydrogen-bond donors (Lipinski definition) is 1. The Balaban J connectivity index is 1.88. The highest BCUT2D eigenvalue weighted by molar-refractivity contribution is 5.95. The SMILES string of the molecule is C/C(=C/C(=O)N1CCC(C(=O)NC(C)C(C)C)CC1)c1ccc(F)cc1. The second kappa shape index (κ2) is 8.97. The maximum Gasteiger partial charge on any atom is 0.246 e. The minimum absolute atomic E-state index is 0.0255. The van der Waals surface area contributed by atoms with Crippen molar-refractivity contribution in [1.82, 2.24) is 10.2 Å². The van der Waals surface area contributed by atoms with Crippen molar-refractivity contribution in [1.29, 1.82) is 0 Å². The monoisotopic (exact) mass is 360 g/mol. The summed E-state index contributed by atoms with van der Waals surface area (Å²) < 4.78 is 13.0. The van der Waals surface area contributed by atoms with E-state index in [2.05, 4.69) is 19.2 Å². The summed E-state index contributed by atoms with van der Waals surface area (Å²) in [4.78, 5) is 26.6. The molecule has 4 nitrogen and oxygen atoms in total. The van der Waals surface area contributed by atoms with Gasteiger partial charge in [0.2, 0.25) is 11.8 Å². The van der Waals surface area contributed by atoms with E-state index >= 15 is 0 Å². The molecule has 26 heavy (non-hydrogen) atoms. The molecule has 1 saturated heterocycles. The molecule has 142 valence electrons. The molecule has 1 N–H and O–H groups in total. The average molecular weight is 360 g/mol. The van der Waals surface area contributed by atoms with Crippen LogP contribution in [0.15, 0.2) is 30.3 Å². The van der Waals surface area contributed by atoms with Crippen LogP contribution in [0.1, 0.15) is 46.1 Å². The highest BCUT2D eigenvalue weighted by Crippen LogP contribution is 2.20. The standard InChI is InChI=1S/C21H29FN2O2/c1-14(2)16(4)23-21(26)18-9-11-24(12-10-18)20(25)13-15(3)17-5-7-19(22)8-6-17/h5-8,13-14,16,18H,9-12H2,1-4H3,(H,23,26)/b15-13-. The summed E-state index contributed by atoms with van der Waals surface area (Å²) in [6, 6.07) is 6.27. The van der Waals surface area contributed by atoms with Gasteiger partial charge < -0.3 is 10.2 Å². The molecule has 0 radical (unpaired) electrons. The van der Waals surface area contributed by atoms with Crippen LogP contribution in [0.2, 0.25) is 0 Å². The summed E-state index contributed by atoms with van der Waals surface area (Å²) in [5.74, 6) is 0.125. The summed E-state index contributed by atoms with van der Waals surface area (Å²) in [5, 5.41) is 3.07. The summed E-state index contributed by atoms with van der Waals surface area (Å²) in [6.07, 6.45) is 2.96. The van der Waals surface area contributed by atoms with E-state index in [1.807, 2.05) is 13.8 Å². The van der Waals surface area contributed by atoms with Crippen molar-refractivity contribution in [3.05, 3.63) is 41.7 Å². The maximum atomic E-state index is 13.0. The molecule has 1 unspecified atom stereocenters. The molecule has 1 aliphatic rings. The molecule has 1 aromatic carbocycles. The summed E-state index contributed by atoms with van der Waals surface area (Å²) in [7, 11) is 0. The fourth-order valence-corrected chi connectivity index (χ4v) is 2.94. The minimum atomic E-state index is -0.292. The first-order chi connectivity index (χ1) is 12.3. The van der Waals surface area contributed by atoms with Crippen LogP contribution >= 0.6 is 0 Å². The molecule has 1 aromatic rings. The third-order valence-corrected chi connectivity index (χ3v) is 5.19. The van der Waals surface area contributed by atoms with E-state index in [-0.39, 0.29) is 29.6 Å². The van der Waals surface area contributed by atoms with Crippen molar-refractivity contribution in [3.8, 4) is 0 Å². The van der Waals surface area contributed by atoms with Gasteiger partial charge in [0.15, 0.2) is 0 Å². The Morgan fingerprint density at radius 1 is 1.15 bits per heavy atom. The van der Waals surface area contributed by atoms with E-state index < -0.39 is 0 Å². The van der Waals surface area contributed by atoms with E-state index in [0.717, 1.165) is 11.1 Å². The molecular weight excluding hydrogens is 331 g/mol. The third kappa shape index (κ3) is 5.41. The Morgan fingerprint density at radius 3 is 2.27 bits per heavy atom. The number of amides is 2. The normalized spacial score (nSPS) is 17.3. The topological polar surface area (TPSA) is 49.4 Å². The van der Waals surface area contributed by atoms with Crippen molar-refractivity contribution < 1.29 is 14.0 Å². The number of likely N-dealkylation sites (tertiary alicyclic amines) is 1. The van der Waals surface area contributed by atoms with Gasteiger partial charge in [-0.25, -0.2) is 4.39 Å². The first kappa shape index (κ1) is 20.1. The molecule has 1 aliphatic heterocycles. The van der Waals surface area contributed by atoms with Gasteiger partial charge >= 0.3 is 0 Å². The van der Waals surface area contributed by atoms with Crippen LogP contribution in [0.4, 0.5) is 4.39 Å². The highest BCUT2D eigenvalue weighted by atomic mass is 19.1. The molecule has 1 atom stereocenters. The number of halogens is 1. The number of rotatable bonds is 5. The largest absolute Gasteiger partial charge is 0.353 e. The van der Waals surface area contributed by atoms with Crippen molar-refractivity contribution >= 4 is 17.4 Å². The van der Waals surface area contributed by atoms with Gasteiger partial charge in [0.25, 0.3) is 0 Å². The lowest BCUT2D eigenvalue weighted by atomic mass is 9.94. The predicted octanol–water partition coefficient (Wildman–Crippen LogP) is 3.63. The van der Waals surface area contributed by atoms with Crippen LogP contribution in [-0.2, 0) is 9.59 Å². The van der Waals surface area contributed by atoms with Gasteiger partial charge in [-0.1, -0.05) is 26.0 Å². The molecule has 0 saturated carbocycles. The Morgan fingerprint density at radius 2 is 1.73 bits per heavy atom. The van der Waals surface area contributed by atoms with Gasteiger partial charge in [0, 0.05) is 31.1 Å². The average Bonchev–Trinajstić information content (AvgIpc) is 2.62. The number of carbonyl (C=O) groups is 2. The molecule has 1 fully saturated rings. The van der Waals surface area contributed by atoms with Crippen LogP contribution in [0.3, 0.4) is 0 Å². The zero-order valence-corrected chi connectivity index (χ0v) is 16.1. The van der Waals surface area contributed by atoms with Gasteiger partial charge in [-0.05, 0) is 55.9 Å². The first-order valence-electron chi connectivity index (χ1n) is 9.31. The minimum Gasteiger partial charge on any atom is -0.353 e. The van der Waals surface area contributed by atoms with Gasteiger partial charge in [-0.3, -0.25) is 9.59 Å². The van der Waals surface area contributed by atoms with Crippen LogP contribution in [-0.4, -0.2) is 35.8 Å². The van der Waals surface area contributed by atoms with Crippen molar-refractivity contribution in [2.45, 2.75) is 46.6 Å². The summed E-state index contributed by atoms with van der Waals surface area (Å²) in [6.45, 7) is 9.20. The second-order valence-corrected chi connectivity index (χ2v) is 7.48. The molecule has 0 aliphatic carbocycles. The Bertz CT molecular complexity index is 659. The lowest BCUT2D eigenvalue weighted by Gasteiger charge is -2.31. The number of piperidine rings is 1. The summed E-state index contributed by atoms with van der Waals surface area (Å²) >= 11 is 0. The molecule has 2 rings (SSSR count). The van der Waals surface area contributed by atoms with Crippen molar-refractivity contribution in [2.75, 3.05) is 13.1 Å². The van der Waals surface area contributed by atoms with Gasteiger partial charge in [0.05, 0.1) is 0 Å². The molecule has 2 amide bonds. The zero-order chi connectivity index (χ0) is 19.3. The summed E-state index contributed by atoms with van der Waals surface area (Å²) in [5.41, 5.74) is 1.64. The molecule has 1 heterocycles. The van der Waals surface area contributed by atoms with E-state index in [0.29, 0.717) is 31.8 Å². The van der Waals surface area contributed by atoms with Crippen LogP contribution in [0, 0.1) is 17.7 Å². The lowest BCUT2D eigenvalue weighted by molar-refractivity contribution is -0.132. The van der Waals surface area contributed by atoms with E-state index in [1.54, 1.807) is 23.1 Å². The quantitative estimate of drug-likeness (QED) is 0.815. The first-order valence-corrected chi connectivity index (χ1v) is 9.31. The number of nitrogens with zero attached hydrogens (tertiary/aromatic N) is 1. The smallest absolute Gasteiger partial charge is 0.246 e. The van der Waals surface area contributed by atoms with Crippen molar-refractivity contribution in [3.63, 3.8) is 0 Å². The van der Waals surface area contributed by atoms with Crippen LogP contribution in [0.25, 0.3) is 5.57 Å². The fraction of sp³-hybridized carbons (Fsp3) is 0.524. The van der Waals surface area contributed by atoms with Gasteiger partial charge in [-0.15, -0.1) is 0 Å². The maximum absolute atomic E-state index is 13.0. The van der Waals surface area contributed by atoms with Crippen molar-refractivity contribution in [2.24, 2.45) is 11.8 Å². The molecule has 0 spiro atoms. The number of hydrogen-bond acceptors (Lipinski definition) is 2. The Kier molecular flexibility index (Phi) is 6.95. The van der Waals surface area contributed by atoms with Crippen LogP contribution < -0.4 is 5.32 Å². The van der Waals surface area contributed by atoms with E-state index in [9.17, 15) is 14.0 Å².